The molecule has 0 spiro atoms. The number of amides is 2. The molecule has 2 amide bonds. The fraction of sp³-hybridized carbons (Fsp3) is 0.500. The number of carbonyl (C=O) groups is 1. The molecule has 1 aromatic heterocycles. The summed E-state index contributed by atoms with van der Waals surface area (Å²) in [4.78, 5) is 17.9. The Morgan fingerprint density at radius 2 is 2.09 bits per heavy atom. The van der Waals surface area contributed by atoms with Gasteiger partial charge >= 0.3 is 6.03 Å². The number of aromatic nitrogens is 2. The van der Waals surface area contributed by atoms with Crippen LogP contribution in [-0.4, -0.2) is 39.5 Å². The Balaban J connectivity index is 1.68. The molecule has 0 saturated carbocycles. The van der Waals surface area contributed by atoms with Gasteiger partial charge in [0.05, 0.1) is 17.4 Å². The number of halogens is 2. The molecule has 0 unspecified atom stereocenters. The van der Waals surface area contributed by atoms with E-state index in [1.54, 1.807) is 12.4 Å². The second-order valence-electron chi connectivity index (χ2n) is 5.91. The number of carbonyl (C=O) groups excluding carboxylic acids is 1. The van der Waals surface area contributed by atoms with Gasteiger partial charge in [-0.2, -0.15) is 0 Å². The van der Waals surface area contributed by atoms with Crippen molar-refractivity contribution >= 4 is 22.8 Å². The van der Waals surface area contributed by atoms with Gasteiger partial charge in [0.1, 0.15) is 0 Å². The van der Waals surface area contributed by atoms with Gasteiger partial charge in [-0.25, -0.2) is 18.6 Å². The van der Waals surface area contributed by atoms with Crippen LogP contribution in [0.3, 0.4) is 0 Å². The molecular formula is C16H20F2N4O. The molecule has 3 rings (SSSR count). The minimum Gasteiger partial charge on any atom is -0.331 e. The van der Waals surface area contributed by atoms with Gasteiger partial charge in [-0.15, -0.1) is 0 Å². The van der Waals surface area contributed by atoms with E-state index >= 15 is 0 Å². The predicted molar refractivity (Wildman–Crippen MR) is 84.8 cm³/mol. The second kappa shape index (κ2) is 6.14. The quantitative estimate of drug-likeness (QED) is 0.936. The van der Waals surface area contributed by atoms with Gasteiger partial charge < -0.3 is 14.8 Å². The maximum absolute atomic E-state index is 13.1. The van der Waals surface area contributed by atoms with Crippen molar-refractivity contribution in [2.24, 2.45) is 0 Å². The van der Waals surface area contributed by atoms with E-state index in [9.17, 15) is 13.6 Å². The highest BCUT2D eigenvalue weighted by Crippen LogP contribution is 2.28. The zero-order chi connectivity index (χ0) is 16.4. The van der Waals surface area contributed by atoms with Crippen LogP contribution < -0.4 is 5.32 Å². The molecule has 2 aromatic rings. The fourth-order valence-electron chi connectivity index (χ4n) is 2.80. The third-order valence-electron chi connectivity index (χ3n) is 4.12. The van der Waals surface area contributed by atoms with E-state index in [0.717, 1.165) is 24.0 Å². The molecule has 1 aliphatic heterocycles. The summed E-state index contributed by atoms with van der Waals surface area (Å²) in [6, 6.07) is 5.19. The smallest absolute Gasteiger partial charge is 0.321 e. The Morgan fingerprint density at radius 1 is 1.35 bits per heavy atom. The summed E-state index contributed by atoms with van der Waals surface area (Å²) < 4.78 is 28.3. The lowest BCUT2D eigenvalue weighted by molar-refractivity contribution is -0.0461. The highest BCUT2D eigenvalue weighted by atomic mass is 19.3. The summed E-state index contributed by atoms with van der Waals surface area (Å²) in [5, 5.41) is 2.77. The molecule has 0 atom stereocenters. The van der Waals surface area contributed by atoms with Crippen molar-refractivity contribution in [3.05, 3.63) is 24.5 Å². The molecule has 23 heavy (non-hydrogen) atoms. The third-order valence-corrected chi connectivity index (χ3v) is 4.12. The number of fused-ring (bicyclic) bond motifs is 1. The molecule has 124 valence electrons. The van der Waals surface area contributed by atoms with Gasteiger partial charge in [-0.1, -0.05) is 6.92 Å². The van der Waals surface area contributed by atoms with Gasteiger partial charge in [0.2, 0.25) is 0 Å². The van der Waals surface area contributed by atoms with Crippen LogP contribution in [0.25, 0.3) is 11.0 Å². The number of anilines is 1. The highest BCUT2D eigenvalue weighted by molar-refractivity contribution is 5.92. The van der Waals surface area contributed by atoms with E-state index in [4.69, 9.17) is 0 Å². The first kappa shape index (κ1) is 15.7. The lowest BCUT2D eigenvalue weighted by atomic mass is 10.1. The van der Waals surface area contributed by atoms with Crippen molar-refractivity contribution in [3.63, 3.8) is 0 Å². The topological polar surface area (TPSA) is 50.2 Å². The Hall–Kier alpha value is -2.18. The molecule has 5 nitrogen and oxygen atoms in total. The summed E-state index contributed by atoms with van der Waals surface area (Å²) in [6.45, 7) is 3.14. The number of rotatable bonds is 3. The predicted octanol–water partition coefficient (Wildman–Crippen LogP) is 3.71. The molecule has 2 heterocycles. The summed E-state index contributed by atoms with van der Waals surface area (Å²) in [6.07, 6.45) is 2.25. The van der Waals surface area contributed by atoms with Crippen molar-refractivity contribution in [1.29, 1.82) is 0 Å². The largest absolute Gasteiger partial charge is 0.331 e. The molecule has 0 radical (unpaired) electrons. The fourth-order valence-corrected chi connectivity index (χ4v) is 2.80. The monoisotopic (exact) mass is 322 g/mol. The van der Waals surface area contributed by atoms with Crippen LogP contribution in [0.2, 0.25) is 0 Å². The van der Waals surface area contributed by atoms with Gasteiger partial charge in [0.25, 0.3) is 5.92 Å². The van der Waals surface area contributed by atoms with E-state index in [1.165, 1.54) is 4.90 Å². The Kier molecular flexibility index (Phi) is 4.19. The second-order valence-corrected chi connectivity index (χ2v) is 5.91. The number of piperidine rings is 1. The number of nitrogens with one attached hydrogen (secondary N) is 1. The number of hydrogen-bond acceptors (Lipinski definition) is 2. The van der Waals surface area contributed by atoms with Crippen molar-refractivity contribution in [1.82, 2.24) is 14.5 Å². The van der Waals surface area contributed by atoms with E-state index in [-0.39, 0.29) is 32.0 Å². The summed E-state index contributed by atoms with van der Waals surface area (Å²) in [7, 11) is 0. The van der Waals surface area contributed by atoms with Crippen LogP contribution >= 0.6 is 0 Å². The average molecular weight is 322 g/mol. The first-order valence-electron chi connectivity index (χ1n) is 7.87. The van der Waals surface area contributed by atoms with Crippen LogP contribution in [0.4, 0.5) is 19.3 Å². The van der Waals surface area contributed by atoms with E-state index < -0.39 is 5.92 Å². The van der Waals surface area contributed by atoms with Crippen molar-refractivity contribution < 1.29 is 13.6 Å². The Morgan fingerprint density at radius 3 is 2.78 bits per heavy atom. The summed E-state index contributed by atoms with van der Waals surface area (Å²) in [5.41, 5.74) is 2.45. The standard InChI is InChI=1S/C16H20F2N4O/c1-2-7-22-11-19-13-10-12(3-4-14(13)22)20-15(23)21-8-5-16(17,18)6-9-21/h3-4,10-11H,2,5-9H2,1H3,(H,20,23). The van der Waals surface area contributed by atoms with Crippen LogP contribution in [-0.2, 0) is 6.54 Å². The third kappa shape index (κ3) is 3.43. The molecule has 1 fully saturated rings. The number of benzene rings is 1. The molecule has 1 aromatic carbocycles. The minimum absolute atomic E-state index is 0.0756. The molecule has 0 bridgehead atoms. The van der Waals surface area contributed by atoms with Crippen LogP contribution in [0.1, 0.15) is 26.2 Å². The van der Waals surface area contributed by atoms with Gasteiger partial charge in [0, 0.05) is 38.2 Å². The normalized spacial score (nSPS) is 17.4. The van der Waals surface area contributed by atoms with Crippen molar-refractivity contribution in [2.75, 3.05) is 18.4 Å². The number of aryl methyl sites for hydroxylation is 1. The van der Waals surface area contributed by atoms with E-state index in [0.29, 0.717) is 5.69 Å². The highest BCUT2D eigenvalue weighted by Gasteiger charge is 2.35. The first-order valence-corrected chi connectivity index (χ1v) is 7.87. The minimum atomic E-state index is -2.65. The molecular weight excluding hydrogens is 302 g/mol. The molecule has 1 aliphatic rings. The van der Waals surface area contributed by atoms with Crippen LogP contribution in [0.5, 0.6) is 0 Å². The zero-order valence-electron chi connectivity index (χ0n) is 13.1. The number of imidazole rings is 1. The van der Waals surface area contributed by atoms with Gasteiger partial charge in [-0.05, 0) is 24.6 Å². The number of hydrogen-bond donors (Lipinski definition) is 1. The molecule has 7 heteroatoms. The molecule has 1 saturated heterocycles. The van der Waals surface area contributed by atoms with Crippen LogP contribution in [0, 0.1) is 0 Å². The SMILES string of the molecule is CCCn1cnc2cc(NC(=O)N3CCC(F)(F)CC3)ccc21. The lowest BCUT2D eigenvalue weighted by Gasteiger charge is -2.31. The molecule has 0 aliphatic carbocycles. The Labute approximate surface area is 133 Å². The van der Waals surface area contributed by atoms with Crippen molar-refractivity contribution in [2.45, 2.75) is 38.7 Å². The number of likely N-dealkylation sites (tertiary alicyclic amines) is 1. The number of urea groups is 1. The van der Waals surface area contributed by atoms with Crippen LogP contribution in [0.15, 0.2) is 24.5 Å². The maximum atomic E-state index is 13.1. The Bertz CT molecular complexity index is 703. The molecule has 1 N–H and O–H groups in total. The zero-order valence-corrected chi connectivity index (χ0v) is 13.1. The summed E-state index contributed by atoms with van der Waals surface area (Å²) >= 11 is 0. The maximum Gasteiger partial charge on any atom is 0.321 e. The van der Waals surface area contributed by atoms with E-state index in [2.05, 4.69) is 21.8 Å². The first-order chi connectivity index (χ1) is 11.0. The number of nitrogens with zero attached hydrogens (tertiary/aromatic N) is 3. The van der Waals surface area contributed by atoms with Gasteiger partial charge in [0.15, 0.2) is 0 Å². The summed E-state index contributed by atoms with van der Waals surface area (Å²) in [5.74, 6) is -2.65. The van der Waals surface area contributed by atoms with Crippen molar-refractivity contribution in [3.8, 4) is 0 Å². The average Bonchev–Trinajstić information content (AvgIpc) is 2.90. The van der Waals surface area contributed by atoms with E-state index in [1.807, 2.05) is 12.1 Å². The van der Waals surface area contributed by atoms with Gasteiger partial charge in [-0.3, -0.25) is 0 Å². The lowest BCUT2D eigenvalue weighted by Crippen LogP contribution is -2.44. The number of alkyl halides is 2.